The Balaban J connectivity index is 2.13. The van der Waals surface area contributed by atoms with E-state index >= 15 is 0 Å². The van der Waals surface area contributed by atoms with Gasteiger partial charge in [-0.05, 0) is 60.4 Å². The Morgan fingerprint density at radius 2 is 2.21 bits per heavy atom. The average molecular weight is 367 g/mol. The summed E-state index contributed by atoms with van der Waals surface area (Å²) in [4.78, 5) is 2.24. The van der Waals surface area contributed by atoms with E-state index in [1.54, 1.807) is 6.07 Å². The van der Waals surface area contributed by atoms with E-state index in [0.29, 0.717) is 10.1 Å². The van der Waals surface area contributed by atoms with Gasteiger partial charge in [0.1, 0.15) is 4.21 Å². The van der Waals surface area contributed by atoms with Crippen LogP contribution in [0, 0.1) is 12.8 Å². The predicted octanol–water partition coefficient (Wildman–Crippen LogP) is 2.44. The summed E-state index contributed by atoms with van der Waals surface area (Å²) < 4.78 is 28.8. The number of thiophene rings is 1. The summed E-state index contributed by atoms with van der Waals surface area (Å²) in [6, 6.07) is 1.75. The number of nitrogens with zero attached hydrogens (tertiary/aromatic N) is 1. The molecule has 2 unspecified atom stereocenters. The molecule has 7 heteroatoms. The molecular weight excluding hydrogens is 348 g/mol. The zero-order valence-electron chi connectivity index (χ0n) is 11.3. The molecule has 0 bridgehead atoms. The van der Waals surface area contributed by atoms with Gasteiger partial charge in [0.2, 0.25) is 10.0 Å². The van der Waals surface area contributed by atoms with Gasteiger partial charge < -0.3 is 4.90 Å². The quantitative estimate of drug-likeness (QED) is 0.893. The van der Waals surface area contributed by atoms with Gasteiger partial charge in [0, 0.05) is 12.6 Å². The number of sulfonamides is 1. The third-order valence-corrected chi connectivity index (χ3v) is 7.61. The van der Waals surface area contributed by atoms with Crippen molar-refractivity contribution in [1.29, 1.82) is 0 Å². The molecular formula is C12H19BrN2O2S2. The number of rotatable bonds is 3. The SMILES string of the molecule is Cc1cc(S(=O)(=O)NC2CCN(C)CC2C)sc1Br. The van der Waals surface area contributed by atoms with Crippen LogP contribution in [-0.2, 0) is 10.0 Å². The van der Waals surface area contributed by atoms with Gasteiger partial charge in [-0.3, -0.25) is 0 Å². The Hall–Kier alpha value is 0.0500. The maximum absolute atomic E-state index is 12.4. The van der Waals surface area contributed by atoms with Crippen molar-refractivity contribution >= 4 is 37.3 Å². The molecule has 1 saturated heterocycles. The van der Waals surface area contributed by atoms with E-state index in [-0.39, 0.29) is 6.04 Å². The number of hydrogen-bond acceptors (Lipinski definition) is 4. The van der Waals surface area contributed by atoms with E-state index in [9.17, 15) is 8.42 Å². The number of likely N-dealkylation sites (tertiary alicyclic amines) is 1. The minimum atomic E-state index is -3.39. The first-order chi connectivity index (χ1) is 8.79. The van der Waals surface area contributed by atoms with Crippen molar-refractivity contribution in [1.82, 2.24) is 9.62 Å². The predicted molar refractivity (Wildman–Crippen MR) is 82.1 cm³/mol. The van der Waals surface area contributed by atoms with Crippen LogP contribution < -0.4 is 4.72 Å². The van der Waals surface area contributed by atoms with Crippen molar-refractivity contribution in [3.05, 3.63) is 15.4 Å². The van der Waals surface area contributed by atoms with Gasteiger partial charge in [0.25, 0.3) is 0 Å². The molecule has 1 aromatic rings. The molecule has 0 spiro atoms. The first-order valence-electron chi connectivity index (χ1n) is 6.26. The fourth-order valence-corrected chi connectivity index (χ4v) is 5.97. The van der Waals surface area contributed by atoms with Crippen molar-refractivity contribution in [2.75, 3.05) is 20.1 Å². The first kappa shape index (κ1) is 15.4. The molecule has 0 amide bonds. The molecule has 4 nitrogen and oxygen atoms in total. The van der Waals surface area contributed by atoms with Crippen molar-refractivity contribution in [2.45, 2.75) is 30.5 Å². The second-order valence-electron chi connectivity index (χ2n) is 5.28. The smallest absolute Gasteiger partial charge is 0.250 e. The Kier molecular flexibility index (Phi) is 4.72. The Morgan fingerprint density at radius 1 is 1.53 bits per heavy atom. The number of hydrogen-bond donors (Lipinski definition) is 1. The average Bonchev–Trinajstić information content (AvgIpc) is 2.64. The molecule has 0 aliphatic carbocycles. The lowest BCUT2D eigenvalue weighted by Crippen LogP contribution is -2.48. The lowest BCUT2D eigenvalue weighted by molar-refractivity contribution is 0.188. The van der Waals surface area contributed by atoms with Crippen LogP contribution in [0.15, 0.2) is 14.1 Å². The van der Waals surface area contributed by atoms with Gasteiger partial charge in [-0.25, -0.2) is 13.1 Å². The Morgan fingerprint density at radius 3 is 2.74 bits per heavy atom. The van der Waals surface area contributed by atoms with Crippen LogP contribution in [0.5, 0.6) is 0 Å². The number of nitrogens with one attached hydrogen (secondary N) is 1. The largest absolute Gasteiger partial charge is 0.306 e. The Labute approximate surface area is 127 Å². The second kappa shape index (κ2) is 5.81. The fraction of sp³-hybridized carbons (Fsp3) is 0.667. The highest BCUT2D eigenvalue weighted by Gasteiger charge is 2.29. The molecule has 1 aliphatic heterocycles. The number of halogens is 1. The summed E-state index contributed by atoms with van der Waals surface area (Å²) in [7, 11) is -1.32. The Bertz CT molecular complexity index is 537. The molecule has 1 aromatic heterocycles. The van der Waals surface area contributed by atoms with Crippen LogP contribution in [0.3, 0.4) is 0 Å². The molecule has 108 valence electrons. The molecule has 1 fully saturated rings. The first-order valence-corrected chi connectivity index (χ1v) is 9.35. The molecule has 1 N–H and O–H groups in total. The summed E-state index contributed by atoms with van der Waals surface area (Å²) in [5.74, 6) is 0.332. The molecule has 0 radical (unpaired) electrons. The normalized spacial score (nSPS) is 25.7. The molecule has 0 saturated carbocycles. The molecule has 2 atom stereocenters. The van der Waals surface area contributed by atoms with Crippen molar-refractivity contribution in [3.8, 4) is 0 Å². The minimum absolute atomic E-state index is 0.0300. The highest BCUT2D eigenvalue weighted by Crippen LogP contribution is 2.31. The summed E-state index contributed by atoms with van der Waals surface area (Å²) in [5.41, 5.74) is 0.960. The van der Waals surface area contributed by atoms with E-state index < -0.39 is 10.0 Å². The summed E-state index contributed by atoms with van der Waals surface area (Å²) in [5, 5.41) is 0. The third kappa shape index (κ3) is 3.58. The molecule has 1 aliphatic rings. The van der Waals surface area contributed by atoms with Crippen LogP contribution in [0.25, 0.3) is 0 Å². The minimum Gasteiger partial charge on any atom is -0.306 e. The van der Waals surface area contributed by atoms with Crippen LogP contribution >= 0.6 is 27.3 Å². The topological polar surface area (TPSA) is 49.4 Å². The number of aryl methyl sites for hydroxylation is 1. The van der Waals surface area contributed by atoms with Crippen molar-refractivity contribution in [2.24, 2.45) is 5.92 Å². The molecule has 19 heavy (non-hydrogen) atoms. The number of piperidine rings is 1. The van der Waals surface area contributed by atoms with Gasteiger partial charge in [-0.2, -0.15) is 0 Å². The van der Waals surface area contributed by atoms with Gasteiger partial charge in [0.15, 0.2) is 0 Å². The van der Waals surface area contributed by atoms with E-state index in [0.717, 1.165) is 28.9 Å². The summed E-state index contributed by atoms with van der Waals surface area (Å²) in [6.45, 7) is 5.86. The van der Waals surface area contributed by atoms with E-state index in [1.807, 2.05) is 6.92 Å². The van der Waals surface area contributed by atoms with Crippen LogP contribution in [0.1, 0.15) is 18.9 Å². The highest BCUT2D eigenvalue weighted by atomic mass is 79.9. The van der Waals surface area contributed by atoms with E-state index in [4.69, 9.17) is 0 Å². The van der Waals surface area contributed by atoms with Crippen molar-refractivity contribution in [3.63, 3.8) is 0 Å². The standard InChI is InChI=1S/C12H19BrN2O2S2/c1-8-6-11(18-12(8)13)19(16,17)14-10-4-5-15(3)7-9(10)2/h6,9-10,14H,4-5,7H2,1-3H3. The van der Waals surface area contributed by atoms with Gasteiger partial charge >= 0.3 is 0 Å². The molecule has 2 rings (SSSR count). The monoisotopic (exact) mass is 366 g/mol. The van der Waals surface area contributed by atoms with Crippen LogP contribution in [0.4, 0.5) is 0 Å². The van der Waals surface area contributed by atoms with Crippen LogP contribution in [0.2, 0.25) is 0 Å². The van der Waals surface area contributed by atoms with Gasteiger partial charge in [0.05, 0.1) is 3.79 Å². The van der Waals surface area contributed by atoms with E-state index in [1.165, 1.54) is 11.3 Å². The maximum atomic E-state index is 12.4. The summed E-state index contributed by atoms with van der Waals surface area (Å²) >= 11 is 4.64. The second-order valence-corrected chi connectivity index (χ2v) is 9.59. The lowest BCUT2D eigenvalue weighted by atomic mass is 9.95. The summed E-state index contributed by atoms with van der Waals surface area (Å²) in [6.07, 6.45) is 0.864. The maximum Gasteiger partial charge on any atom is 0.250 e. The van der Waals surface area contributed by atoms with Crippen LogP contribution in [-0.4, -0.2) is 39.5 Å². The molecule has 2 heterocycles. The zero-order valence-corrected chi connectivity index (χ0v) is 14.5. The third-order valence-electron chi connectivity index (χ3n) is 3.51. The zero-order chi connectivity index (χ0) is 14.2. The molecule has 0 aromatic carbocycles. The van der Waals surface area contributed by atoms with Gasteiger partial charge in [-0.1, -0.05) is 6.92 Å². The van der Waals surface area contributed by atoms with E-state index in [2.05, 4.69) is 39.5 Å². The van der Waals surface area contributed by atoms with Crippen molar-refractivity contribution < 1.29 is 8.42 Å². The lowest BCUT2D eigenvalue weighted by Gasteiger charge is -2.34. The highest BCUT2D eigenvalue weighted by molar-refractivity contribution is 9.11. The fourth-order valence-electron chi connectivity index (χ4n) is 2.35. The van der Waals surface area contributed by atoms with Gasteiger partial charge in [-0.15, -0.1) is 11.3 Å².